The number of fused-ring (bicyclic) bond motifs is 6. The van der Waals surface area contributed by atoms with E-state index >= 15 is 0 Å². The summed E-state index contributed by atoms with van der Waals surface area (Å²) in [5.74, 6) is 1.38. The highest BCUT2D eigenvalue weighted by Crippen LogP contribution is 2.71. The molecule has 6 nitrogen and oxygen atoms in total. The van der Waals surface area contributed by atoms with E-state index in [2.05, 4.69) is 27.7 Å². The van der Waals surface area contributed by atoms with E-state index in [1.807, 2.05) is 0 Å². The fourth-order valence-corrected chi connectivity index (χ4v) is 10.1. The monoisotopic (exact) mass is 460 g/mol. The Labute approximate surface area is 197 Å². The lowest BCUT2D eigenvalue weighted by molar-refractivity contribution is -0.273. The summed E-state index contributed by atoms with van der Waals surface area (Å²) in [7, 11) is 0. The standard InChI is InChI=1S/C27H40O6/c1-14-5-8-27(31-13-14)15(2)24-21(33-27)10-18-16-9-20-19(11-23(30)32-20)26(4,12-22(28)29)17(16)6-7-25(18,24)3/h14-21,24H,5-13H2,1-4H3,(H,28,29)/t14?,15-,16+,17-,18-,19+,20+,21-,24-,25-,26+,27+/m0/s1. The second-order valence-electron chi connectivity index (χ2n) is 13.0. The van der Waals surface area contributed by atoms with Crippen LogP contribution in [0, 0.1) is 52.3 Å². The molecule has 0 bridgehead atoms. The summed E-state index contributed by atoms with van der Waals surface area (Å²) < 4.78 is 19.1. The Balaban J connectivity index is 1.31. The third kappa shape index (κ3) is 2.98. The van der Waals surface area contributed by atoms with Gasteiger partial charge >= 0.3 is 11.9 Å². The van der Waals surface area contributed by atoms with Crippen molar-refractivity contribution in [2.24, 2.45) is 52.3 Å². The van der Waals surface area contributed by atoms with Crippen LogP contribution < -0.4 is 0 Å². The van der Waals surface area contributed by atoms with E-state index in [4.69, 9.17) is 14.2 Å². The van der Waals surface area contributed by atoms with Gasteiger partial charge < -0.3 is 19.3 Å². The topological polar surface area (TPSA) is 82.1 Å². The Hall–Kier alpha value is -1.14. The van der Waals surface area contributed by atoms with Crippen LogP contribution in [-0.4, -0.2) is 41.6 Å². The summed E-state index contributed by atoms with van der Waals surface area (Å²) in [4.78, 5) is 24.2. The van der Waals surface area contributed by atoms with Crippen molar-refractivity contribution in [2.45, 2.75) is 97.1 Å². The summed E-state index contributed by atoms with van der Waals surface area (Å²) in [6.45, 7) is 10.0. The van der Waals surface area contributed by atoms with E-state index in [1.165, 1.54) is 0 Å². The third-order valence-corrected chi connectivity index (χ3v) is 11.6. The normalized spacial score (nSPS) is 57.2. The molecular formula is C27H40O6. The van der Waals surface area contributed by atoms with E-state index in [0.717, 1.165) is 45.1 Å². The molecule has 3 aliphatic carbocycles. The minimum absolute atomic E-state index is 0.0312. The van der Waals surface area contributed by atoms with E-state index in [9.17, 15) is 14.7 Å². The molecule has 0 amide bonds. The number of ether oxygens (including phenoxy) is 3. The second-order valence-corrected chi connectivity index (χ2v) is 13.0. The number of rotatable bonds is 2. The van der Waals surface area contributed by atoms with Gasteiger partial charge in [0.15, 0.2) is 5.79 Å². The highest BCUT2D eigenvalue weighted by atomic mass is 16.7. The molecule has 1 spiro atoms. The van der Waals surface area contributed by atoms with Crippen LogP contribution in [0.1, 0.15) is 79.1 Å². The van der Waals surface area contributed by atoms with Crippen molar-refractivity contribution >= 4 is 11.9 Å². The van der Waals surface area contributed by atoms with Gasteiger partial charge in [0.05, 0.1) is 25.6 Å². The van der Waals surface area contributed by atoms with Crippen LogP contribution in [0.2, 0.25) is 0 Å². The number of esters is 1. The molecule has 1 unspecified atom stereocenters. The van der Waals surface area contributed by atoms with Gasteiger partial charge in [-0.1, -0.05) is 27.7 Å². The fraction of sp³-hybridized carbons (Fsp3) is 0.926. The second kappa shape index (κ2) is 7.19. The molecule has 3 saturated carbocycles. The SMILES string of the molecule is CC1CC[C@@]2(OC1)O[C@H]1C[C@H]3[C@@H]4C[C@H]5OC(=O)C[C@H]5[C@](C)(CC(=O)O)[C@H]4CC[C@]3(C)[C@H]1[C@@H]2C. The van der Waals surface area contributed by atoms with Crippen molar-refractivity contribution in [3.05, 3.63) is 0 Å². The number of hydrogen-bond acceptors (Lipinski definition) is 5. The van der Waals surface area contributed by atoms with E-state index < -0.39 is 11.8 Å². The Bertz CT molecular complexity index is 848. The first kappa shape index (κ1) is 22.3. The van der Waals surface area contributed by atoms with Crippen molar-refractivity contribution in [1.29, 1.82) is 0 Å². The summed E-state index contributed by atoms with van der Waals surface area (Å²) in [5, 5.41) is 9.81. The zero-order chi connectivity index (χ0) is 23.3. The average Bonchev–Trinajstić information content (AvgIpc) is 3.34. The molecule has 12 atom stereocenters. The lowest BCUT2D eigenvalue weighted by Gasteiger charge is -2.59. The molecule has 0 radical (unpaired) electrons. The molecule has 3 aliphatic heterocycles. The average molecular weight is 461 g/mol. The summed E-state index contributed by atoms with van der Waals surface area (Å²) in [6.07, 6.45) is 6.83. The van der Waals surface area contributed by atoms with Gasteiger partial charge in [-0.3, -0.25) is 9.59 Å². The summed E-state index contributed by atoms with van der Waals surface area (Å²) >= 11 is 0. The zero-order valence-electron chi connectivity index (χ0n) is 20.5. The van der Waals surface area contributed by atoms with Gasteiger partial charge in [0.25, 0.3) is 0 Å². The minimum Gasteiger partial charge on any atom is -0.481 e. The number of carboxylic acid groups (broad SMARTS) is 1. The molecule has 6 fully saturated rings. The van der Waals surface area contributed by atoms with Crippen LogP contribution in [0.3, 0.4) is 0 Å². The number of carbonyl (C=O) groups is 2. The highest BCUT2D eigenvalue weighted by Gasteiger charge is 2.70. The molecule has 33 heavy (non-hydrogen) atoms. The molecule has 6 aliphatic rings. The van der Waals surface area contributed by atoms with Crippen LogP contribution in [0.5, 0.6) is 0 Å². The molecule has 0 aromatic heterocycles. The third-order valence-electron chi connectivity index (χ3n) is 11.6. The van der Waals surface area contributed by atoms with Gasteiger partial charge in [0, 0.05) is 18.3 Å². The first-order valence-corrected chi connectivity index (χ1v) is 13.3. The van der Waals surface area contributed by atoms with Crippen LogP contribution in [-0.2, 0) is 23.8 Å². The van der Waals surface area contributed by atoms with Crippen molar-refractivity contribution < 1.29 is 28.9 Å². The molecule has 0 aromatic rings. The predicted octanol–water partition coefficient (Wildman–Crippen LogP) is 4.65. The highest BCUT2D eigenvalue weighted by molar-refractivity contribution is 5.73. The van der Waals surface area contributed by atoms with Crippen LogP contribution in [0.25, 0.3) is 0 Å². The van der Waals surface area contributed by atoms with Crippen molar-refractivity contribution in [3.8, 4) is 0 Å². The molecule has 3 saturated heterocycles. The van der Waals surface area contributed by atoms with Crippen molar-refractivity contribution in [2.75, 3.05) is 6.61 Å². The van der Waals surface area contributed by atoms with E-state index in [0.29, 0.717) is 41.9 Å². The Morgan fingerprint density at radius 1 is 1.06 bits per heavy atom. The maximum Gasteiger partial charge on any atom is 0.306 e. The molecule has 6 rings (SSSR count). The van der Waals surface area contributed by atoms with Crippen LogP contribution in [0.4, 0.5) is 0 Å². The molecular weight excluding hydrogens is 420 g/mol. The fourth-order valence-electron chi connectivity index (χ4n) is 10.1. The van der Waals surface area contributed by atoms with Crippen molar-refractivity contribution in [3.63, 3.8) is 0 Å². The van der Waals surface area contributed by atoms with Gasteiger partial charge in [-0.25, -0.2) is 0 Å². The van der Waals surface area contributed by atoms with Gasteiger partial charge in [-0.05, 0) is 72.5 Å². The Morgan fingerprint density at radius 2 is 1.85 bits per heavy atom. The molecule has 184 valence electrons. The summed E-state index contributed by atoms with van der Waals surface area (Å²) in [5.41, 5.74) is -0.221. The van der Waals surface area contributed by atoms with Crippen molar-refractivity contribution in [1.82, 2.24) is 0 Å². The Morgan fingerprint density at radius 3 is 2.55 bits per heavy atom. The molecule has 6 heteroatoms. The number of carboxylic acids is 1. The minimum atomic E-state index is -0.754. The molecule has 0 aromatic carbocycles. The number of carbonyl (C=O) groups excluding carboxylic acids is 1. The quantitative estimate of drug-likeness (QED) is 0.604. The predicted molar refractivity (Wildman–Crippen MR) is 120 cm³/mol. The lowest BCUT2D eigenvalue weighted by Crippen LogP contribution is -2.56. The zero-order valence-corrected chi connectivity index (χ0v) is 20.5. The van der Waals surface area contributed by atoms with Crippen LogP contribution >= 0.6 is 0 Å². The maximum absolute atomic E-state index is 12.3. The van der Waals surface area contributed by atoms with Gasteiger partial charge in [-0.2, -0.15) is 0 Å². The first-order chi connectivity index (χ1) is 15.6. The van der Waals surface area contributed by atoms with E-state index in [1.54, 1.807) is 0 Å². The van der Waals surface area contributed by atoms with Gasteiger partial charge in [-0.15, -0.1) is 0 Å². The maximum atomic E-state index is 12.3. The van der Waals surface area contributed by atoms with E-state index in [-0.39, 0.29) is 41.3 Å². The first-order valence-electron chi connectivity index (χ1n) is 13.3. The number of hydrogen-bond donors (Lipinski definition) is 1. The molecule has 3 heterocycles. The van der Waals surface area contributed by atoms with Gasteiger partial charge in [0.1, 0.15) is 6.10 Å². The van der Waals surface area contributed by atoms with Gasteiger partial charge in [0.2, 0.25) is 0 Å². The Kier molecular flexibility index (Phi) is 4.87. The number of aliphatic carboxylic acids is 1. The molecule has 1 N–H and O–H groups in total. The largest absolute Gasteiger partial charge is 0.481 e. The summed E-state index contributed by atoms with van der Waals surface area (Å²) in [6, 6.07) is 0. The smallest absolute Gasteiger partial charge is 0.306 e. The van der Waals surface area contributed by atoms with Crippen LogP contribution in [0.15, 0.2) is 0 Å². The lowest BCUT2D eigenvalue weighted by atomic mass is 9.45.